The van der Waals surface area contributed by atoms with Crippen LogP contribution in [0.15, 0.2) is 24.4 Å². The summed E-state index contributed by atoms with van der Waals surface area (Å²) in [5, 5.41) is 2.47. The van der Waals surface area contributed by atoms with E-state index in [9.17, 15) is 22.4 Å². The van der Waals surface area contributed by atoms with Crippen molar-refractivity contribution >= 4 is 17.4 Å². The molecule has 0 aliphatic rings. The van der Waals surface area contributed by atoms with E-state index in [1.54, 1.807) is 0 Å². The van der Waals surface area contributed by atoms with Crippen molar-refractivity contribution in [1.82, 2.24) is 9.97 Å². The Hall–Kier alpha value is -2.58. The van der Waals surface area contributed by atoms with Crippen LogP contribution >= 0.6 is 0 Å². The van der Waals surface area contributed by atoms with Gasteiger partial charge in [-0.1, -0.05) is 0 Å². The molecule has 4 N–H and O–H groups in total. The molecule has 1 aromatic carbocycles. The fourth-order valence-corrected chi connectivity index (χ4v) is 1.49. The lowest BCUT2D eigenvalue weighted by Gasteiger charge is -2.10. The van der Waals surface area contributed by atoms with Gasteiger partial charge in [0.25, 0.3) is 5.91 Å². The predicted molar refractivity (Wildman–Crippen MR) is 61.8 cm³/mol. The zero-order chi connectivity index (χ0) is 14.9. The summed E-state index contributed by atoms with van der Waals surface area (Å²) in [4.78, 5) is 16.8. The maximum atomic E-state index is 13.2. The third-order valence-electron chi connectivity index (χ3n) is 2.31. The summed E-state index contributed by atoms with van der Waals surface area (Å²) in [6, 6.07) is 1.99. The van der Waals surface area contributed by atoms with Crippen molar-refractivity contribution in [3.63, 3.8) is 0 Å². The van der Waals surface area contributed by atoms with Crippen molar-refractivity contribution < 1.29 is 22.4 Å². The summed E-state index contributed by atoms with van der Waals surface area (Å²) < 4.78 is 50.7. The van der Waals surface area contributed by atoms with Crippen LogP contribution in [0.25, 0.3) is 0 Å². The number of nitrogens with one attached hydrogen (secondary N) is 2. The van der Waals surface area contributed by atoms with Gasteiger partial charge < -0.3 is 16.0 Å². The highest BCUT2D eigenvalue weighted by molar-refractivity contribution is 5.89. The van der Waals surface area contributed by atoms with Crippen LogP contribution < -0.4 is 11.1 Å². The summed E-state index contributed by atoms with van der Waals surface area (Å²) in [7, 11) is 0. The number of primary amides is 1. The molecule has 0 saturated heterocycles. The van der Waals surface area contributed by atoms with E-state index in [-0.39, 0.29) is 17.3 Å². The third kappa shape index (κ3) is 3.05. The van der Waals surface area contributed by atoms with Gasteiger partial charge in [0.15, 0.2) is 5.82 Å². The molecule has 0 aliphatic carbocycles. The number of aromatic amines is 1. The van der Waals surface area contributed by atoms with E-state index in [2.05, 4.69) is 15.3 Å². The first-order valence-electron chi connectivity index (χ1n) is 5.25. The second-order valence-electron chi connectivity index (χ2n) is 3.86. The van der Waals surface area contributed by atoms with Gasteiger partial charge >= 0.3 is 6.18 Å². The minimum absolute atomic E-state index is 0.109. The average Bonchev–Trinajstić information content (AvgIpc) is 2.75. The molecule has 1 heterocycles. The monoisotopic (exact) mass is 288 g/mol. The molecule has 0 fully saturated rings. The number of alkyl halides is 3. The number of nitrogens with zero attached hydrogens (tertiary/aromatic N) is 1. The Bertz CT molecular complexity index is 650. The fraction of sp³-hybridized carbons (Fsp3) is 0.0909. The maximum Gasteiger partial charge on any atom is 0.416 e. The second kappa shape index (κ2) is 4.83. The highest BCUT2D eigenvalue weighted by Crippen LogP contribution is 2.32. The number of nitrogens with two attached hydrogens (primary N) is 1. The number of hydrogen-bond donors (Lipinski definition) is 3. The van der Waals surface area contributed by atoms with Gasteiger partial charge in [0.2, 0.25) is 0 Å². The van der Waals surface area contributed by atoms with Gasteiger partial charge in [0, 0.05) is 5.69 Å². The molecule has 0 radical (unpaired) electrons. The molecule has 20 heavy (non-hydrogen) atoms. The van der Waals surface area contributed by atoms with Gasteiger partial charge in [-0.05, 0) is 18.2 Å². The van der Waals surface area contributed by atoms with Crippen LogP contribution in [0, 0.1) is 5.82 Å². The van der Waals surface area contributed by atoms with Crippen LogP contribution in [0.5, 0.6) is 0 Å². The number of H-pyrrole nitrogens is 1. The van der Waals surface area contributed by atoms with E-state index in [0.29, 0.717) is 6.07 Å². The number of carbonyl (C=O) groups excluding carboxylic acids is 1. The summed E-state index contributed by atoms with van der Waals surface area (Å²) in [5.74, 6) is -1.93. The lowest BCUT2D eigenvalue weighted by atomic mass is 10.2. The summed E-state index contributed by atoms with van der Waals surface area (Å²) in [6.07, 6.45) is -3.51. The van der Waals surface area contributed by atoms with Crippen molar-refractivity contribution in [2.75, 3.05) is 5.32 Å². The largest absolute Gasteiger partial charge is 0.416 e. The maximum absolute atomic E-state index is 13.2. The van der Waals surface area contributed by atoms with Crippen molar-refractivity contribution in [2.45, 2.75) is 6.18 Å². The Kier molecular flexibility index (Phi) is 3.35. The molecule has 5 nitrogen and oxygen atoms in total. The first-order valence-corrected chi connectivity index (χ1v) is 5.25. The van der Waals surface area contributed by atoms with Gasteiger partial charge in [-0.25, -0.2) is 9.37 Å². The van der Waals surface area contributed by atoms with Crippen LogP contribution in [0.4, 0.5) is 29.1 Å². The van der Waals surface area contributed by atoms with Crippen LogP contribution in [-0.2, 0) is 6.18 Å². The number of carbonyl (C=O) groups is 1. The molecule has 1 amide bonds. The number of benzene rings is 1. The Balaban J connectivity index is 2.28. The smallest absolute Gasteiger partial charge is 0.363 e. The Morgan fingerprint density at radius 3 is 2.55 bits per heavy atom. The van der Waals surface area contributed by atoms with Gasteiger partial charge in [0.05, 0.1) is 11.8 Å². The van der Waals surface area contributed by atoms with E-state index in [1.165, 1.54) is 0 Å². The summed E-state index contributed by atoms with van der Waals surface area (Å²) >= 11 is 0. The second-order valence-corrected chi connectivity index (χ2v) is 3.86. The molecule has 2 aromatic rings. The molecule has 0 atom stereocenters. The average molecular weight is 288 g/mol. The first-order chi connectivity index (χ1) is 9.25. The predicted octanol–water partition coefficient (Wildman–Crippen LogP) is 2.41. The molecular weight excluding hydrogens is 280 g/mol. The van der Waals surface area contributed by atoms with Crippen LogP contribution in [-0.4, -0.2) is 15.9 Å². The van der Waals surface area contributed by atoms with Gasteiger partial charge in [-0.2, -0.15) is 13.2 Å². The Morgan fingerprint density at radius 2 is 2.00 bits per heavy atom. The SMILES string of the molecule is NC(=O)c1ncc(Nc2cc(F)cc(C(F)(F)F)c2)[nH]1. The molecule has 0 unspecified atom stereocenters. The number of anilines is 2. The number of halogens is 4. The van der Waals surface area contributed by atoms with Gasteiger partial charge in [-0.3, -0.25) is 4.79 Å². The Labute approximate surface area is 109 Å². The highest BCUT2D eigenvalue weighted by Gasteiger charge is 2.31. The van der Waals surface area contributed by atoms with Crippen molar-refractivity contribution in [3.8, 4) is 0 Å². The summed E-state index contributed by atoms with van der Waals surface area (Å²) in [6.45, 7) is 0. The number of rotatable bonds is 3. The molecule has 0 aliphatic heterocycles. The minimum atomic E-state index is -4.66. The molecule has 0 saturated carbocycles. The normalized spacial score (nSPS) is 11.4. The quantitative estimate of drug-likeness (QED) is 0.758. The molecule has 0 bridgehead atoms. The van der Waals surface area contributed by atoms with Gasteiger partial charge in [0.1, 0.15) is 11.6 Å². The van der Waals surface area contributed by atoms with Crippen molar-refractivity contribution in [2.24, 2.45) is 5.73 Å². The number of hydrogen-bond acceptors (Lipinski definition) is 3. The molecular formula is C11H8F4N4O. The number of imidazole rings is 1. The van der Waals surface area contributed by atoms with E-state index in [1.807, 2.05) is 0 Å². The molecule has 1 aromatic heterocycles. The standard InChI is InChI=1S/C11H8F4N4O/c12-6-1-5(11(13,14)15)2-7(3-6)18-8-4-17-10(19-8)9(16)20/h1-4,18H,(H2,16,20)(H,17,19). The van der Waals surface area contributed by atoms with E-state index < -0.39 is 23.5 Å². The first kappa shape index (κ1) is 13.8. The molecule has 9 heteroatoms. The zero-order valence-corrected chi connectivity index (χ0v) is 9.75. The zero-order valence-electron chi connectivity index (χ0n) is 9.75. The van der Waals surface area contributed by atoms with Crippen LogP contribution in [0.3, 0.4) is 0 Å². The van der Waals surface area contributed by atoms with Gasteiger partial charge in [-0.15, -0.1) is 0 Å². The van der Waals surface area contributed by atoms with Crippen LogP contribution in [0.1, 0.15) is 16.2 Å². The highest BCUT2D eigenvalue weighted by atomic mass is 19.4. The lowest BCUT2D eigenvalue weighted by molar-refractivity contribution is -0.137. The molecule has 0 spiro atoms. The molecule has 2 rings (SSSR count). The fourth-order valence-electron chi connectivity index (χ4n) is 1.49. The van der Waals surface area contributed by atoms with E-state index in [0.717, 1.165) is 18.3 Å². The van der Waals surface area contributed by atoms with E-state index in [4.69, 9.17) is 5.73 Å². The van der Waals surface area contributed by atoms with Crippen molar-refractivity contribution in [1.29, 1.82) is 0 Å². The summed E-state index contributed by atoms with van der Waals surface area (Å²) in [5.41, 5.74) is 3.68. The van der Waals surface area contributed by atoms with E-state index >= 15 is 0 Å². The Morgan fingerprint density at radius 1 is 1.30 bits per heavy atom. The number of amides is 1. The minimum Gasteiger partial charge on any atom is -0.363 e. The van der Waals surface area contributed by atoms with Crippen LogP contribution in [0.2, 0.25) is 0 Å². The molecule has 106 valence electrons. The number of aromatic nitrogens is 2. The topological polar surface area (TPSA) is 83.8 Å². The lowest BCUT2D eigenvalue weighted by Crippen LogP contribution is -2.12. The van der Waals surface area contributed by atoms with Crippen molar-refractivity contribution in [3.05, 3.63) is 41.6 Å². The third-order valence-corrected chi connectivity index (χ3v) is 2.31.